The van der Waals surface area contributed by atoms with Gasteiger partial charge >= 0.3 is 11.9 Å². The van der Waals surface area contributed by atoms with Gasteiger partial charge in [-0.2, -0.15) is 0 Å². The zero-order valence-electron chi connectivity index (χ0n) is 16.1. The summed E-state index contributed by atoms with van der Waals surface area (Å²) >= 11 is 0. The Morgan fingerprint density at radius 2 is 1.46 bits per heavy atom. The van der Waals surface area contributed by atoms with Crippen molar-refractivity contribution in [1.82, 2.24) is 0 Å². The van der Waals surface area contributed by atoms with E-state index in [1.54, 1.807) is 41.5 Å². The fourth-order valence-corrected chi connectivity index (χ4v) is 2.20. The van der Waals surface area contributed by atoms with Crippen LogP contribution in [0.3, 0.4) is 0 Å². The normalized spacial score (nSPS) is 31.5. The molecule has 0 aromatic rings. The van der Waals surface area contributed by atoms with E-state index in [0.717, 1.165) is 0 Å². The highest BCUT2D eigenvalue weighted by molar-refractivity contribution is 5.75. The summed E-state index contributed by atoms with van der Waals surface area (Å²) in [7, 11) is 0. The molecule has 5 atom stereocenters. The number of carbonyl (C=O) groups is 2. The van der Waals surface area contributed by atoms with Gasteiger partial charge in [-0.3, -0.25) is 9.59 Å². The molecule has 0 saturated carbocycles. The van der Waals surface area contributed by atoms with E-state index in [-0.39, 0.29) is 30.4 Å². The lowest BCUT2D eigenvalue weighted by Crippen LogP contribution is -2.53. The fraction of sp³-hybridized carbons (Fsp3) is 0.889. The molecule has 6 nitrogen and oxygen atoms in total. The van der Waals surface area contributed by atoms with Crippen molar-refractivity contribution < 1.29 is 28.9 Å². The summed E-state index contributed by atoms with van der Waals surface area (Å²) in [5.41, 5.74) is -1.27. The van der Waals surface area contributed by atoms with Gasteiger partial charge in [0.2, 0.25) is 6.29 Å². The Labute approximate surface area is 144 Å². The van der Waals surface area contributed by atoms with Crippen LogP contribution >= 0.6 is 0 Å². The first kappa shape index (κ1) is 20.9. The van der Waals surface area contributed by atoms with Gasteiger partial charge in [0.25, 0.3) is 0 Å². The third kappa shape index (κ3) is 5.18. The highest BCUT2D eigenvalue weighted by Crippen LogP contribution is 2.33. The minimum atomic E-state index is -0.794. The van der Waals surface area contributed by atoms with E-state index in [0.29, 0.717) is 0 Å². The monoisotopic (exact) mass is 344 g/mol. The maximum absolute atomic E-state index is 12.1. The van der Waals surface area contributed by atoms with Crippen molar-refractivity contribution in [3.8, 4) is 0 Å². The molecule has 5 unspecified atom stereocenters. The number of esters is 2. The third-order valence-corrected chi connectivity index (χ3v) is 4.31. The smallest absolute Gasteiger partial charge is 0.313 e. The number of ether oxygens (including phenoxy) is 3. The van der Waals surface area contributed by atoms with Crippen LogP contribution in [0.25, 0.3) is 0 Å². The van der Waals surface area contributed by atoms with Crippen LogP contribution in [0.1, 0.15) is 55.4 Å². The Morgan fingerprint density at radius 3 is 1.92 bits per heavy atom. The molecule has 1 fully saturated rings. The predicted octanol–water partition coefficient (Wildman–Crippen LogP) is 2.52. The van der Waals surface area contributed by atoms with Crippen LogP contribution in [0.5, 0.6) is 0 Å². The average Bonchev–Trinajstić information content (AvgIpc) is 2.44. The van der Waals surface area contributed by atoms with Crippen LogP contribution in [0.4, 0.5) is 0 Å². The van der Waals surface area contributed by atoms with Crippen LogP contribution in [-0.2, 0) is 23.8 Å². The molecule has 0 bridgehead atoms. The summed E-state index contributed by atoms with van der Waals surface area (Å²) in [5.74, 6) is -1.06. The van der Waals surface area contributed by atoms with Crippen LogP contribution in [0, 0.1) is 22.7 Å². The zero-order valence-corrected chi connectivity index (χ0v) is 16.1. The molecule has 1 saturated heterocycles. The van der Waals surface area contributed by atoms with Gasteiger partial charge in [-0.1, -0.05) is 13.8 Å². The second-order valence-electron chi connectivity index (χ2n) is 8.76. The molecular weight excluding hydrogens is 312 g/mol. The molecule has 1 aliphatic rings. The number of aliphatic hydroxyl groups excluding tert-OH is 1. The molecule has 24 heavy (non-hydrogen) atoms. The summed E-state index contributed by atoms with van der Waals surface area (Å²) < 4.78 is 16.5. The molecule has 0 amide bonds. The van der Waals surface area contributed by atoms with Gasteiger partial charge in [0.05, 0.1) is 16.9 Å². The Kier molecular flexibility index (Phi) is 6.44. The molecule has 1 heterocycles. The SMILES string of the molecule is CC1C(OC(=O)C(C)(C)C)OC(COC(=O)C(C)(C)C)C(O)C1C. The molecule has 1 aliphatic heterocycles. The fourth-order valence-electron chi connectivity index (χ4n) is 2.20. The minimum Gasteiger partial charge on any atom is -0.462 e. The number of hydrogen-bond donors (Lipinski definition) is 1. The summed E-state index contributed by atoms with van der Waals surface area (Å²) in [5, 5.41) is 10.4. The lowest BCUT2D eigenvalue weighted by molar-refractivity contribution is -0.266. The molecular formula is C18H32O6. The van der Waals surface area contributed by atoms with Crippen LogP contribution in [0.2, 0.25) is 0 Å². The lowest BCUT2D eigenvalue weighted by Gasteiger charge is -2.42. The molecule has 6 heteroatoms. The average molecular weight is 344 g/mol. The van der Waals surface area contributed by atoms with Gasteiger partial charge in [-0.05, 0) is 47.5 Å². The van der Waals surface area contributed by atoms with E-state index in [1.807, 2.05) is 13.8 Å². The number of rotatable bonds is 3. The number of carbonyl (C=O) groups excluding carboxylic acids is 2. The van der Waals surface area contributed by atoms with Gasteiger partial charge in [-0.15, -0.1) is 0 Å². The Morgan fingerprint density at radius 1 is 0.958 bits per heavy atom. The maximum Gasteiger partial charge on any atom is 0.313 e. The minimum absolute atomic E-state index is 0.0715. The number of aliphatic hydroxyl groups is 1. The summed E-state index contributed by atoms with van der Waals surface area (Å²) in [6.07, 6.45) is -2.29. The topological polar surface area (TPSA) is 82.1 Å². The van der Waals surface area contributed by atoms with Crippen LogP contribution in [-0.4, -0.2) is 42.1 Å². The van der Waals surface area contributed by atoms with E-state index in [4.69, 9.17) is 14.2 Å². The Hall–Kier alpha value is -1.14. The predicted molar refractivity (Wildman–Crippen MR) is 89.0 cm³/mol. The zero-order chi connectivity index (χ0) is 18.9. The molecule has 0 aliphatic carbocycles. The quantitative estimate of drug-likeness (QED) is 0.792. The molecule has 0 radical (unpaired) electrons. The van der Waals surface area contributed by atoms with Crippen molar-refractivity contribution >= 4 is 11.9 Å². The maximum atomic E-state index is 12.1. The van der Waals surface area contributed by atoms with Crippen LogP contribution < -0.4 is 0 Å². The molecule has 0 aromatic heterocycles. The second-order valence-corrected chi connectivity index (χ2v) is 8.76. The number of hydrogen-bond acceptors (Lipinski definition) is 6. The van der Waals surface area contributed by atoms with Gasteiger partial charge in [0.15, 0.2) is 0 Å². The van der Waals surface area contributed by atoms with Gasteiger partial charge < -0.3 is 19.3 Å². The van der Waals surface area contributed by atoms with Crippen molar-refractivity contribution in [2.75, 3.05) is 6.61 Å². The van der Waals surface area contributed by atoms with Gasteiger partial charge in [0.1, 0.15) is 12.7 Å². The molecule has 0 aromatic carbocycles. The first-order chi connectivity index (χ1) is 10.7. The van der Waals surface area contributed by atoms with E-state index < -0.39 is 29.3 Å². The van der Waals surface area contributed by atoms with Crippen LogP contribution in [0.15, 0.2) is 0 Å². The Balaban J connectivity index is 2.76. The summed E-state index contributed by atoms with van der Waals surface area (Å²) in [6.45, 7) is 14.2. The third-order valence-electron chi connectivity index (χ3n) is 4.31. The van der Waals surface area contributed by atoms with Gasteiger partial charge in [0, 0.05) is 5.92 Å². The molecule has 0 spiro atoms. The second kappa shape index (κ2) is 7.40. The van der Waals surface area contributed by atoms with Crippen molar-refractivity contribution in [2.45, 2.75) is 73.9 Å². The highest BCUT2D eigenvalue weighted by Gasteiger charge is 2.44. The highest BCUT2D eigenvalue weighted by atomic mass is 16.7. The Bertz CT molecular complexity index is 457. The van der Waals surface area contributed by atoms with Crippen molar-refractivity contribution in [1.29, 1.82) is 0 Å². The van der Waals surface area contributed by atoms with E-state index in [9.17, 15) is 14.7 Å². The lowest BCUT2D eigenvalue weighted by atomic mass is 9.84. The first-order valence-corrected chi connectivity index (χ1v) is 8.47. The van der Waals surface area contributed by atoms with E-state index >= 15 is 0 Å². The van der Waals surface area contributed by atoms with E-state index in [2.05, 4.69) is 0 Å². The summed E-state index contributed by atoms with van der Waals surface area (Å²) in [6, 6.07) is 0. The first-order valence-electron chi connectivity index (χ1n) is 8.47. The largest absolute Gasteiger partial charge is 0.462 e. The molecule has 140 valence electrons. The van der Waals surface area contributed by atoms with Crippen molar-refractivity contribution in [2.24, 2.45) is 22.7 Å². The van der Waals surface area contributed by atoms with Crippen molar-refractivity contribution in [3.63, 3.8) is 0 Å². The molecule has 1 rings (SSSR count). The standard InChI is InChI=1S/C18H32O6/c1-10-11(2)14(24-16(21)18(6,7)8)23-12(13(10)19)9-22-15(20)17(3,4)5/h10-14,19H,9H2,1-8H3. The van der Waals surface area contributed by atoms with Gasteiger partial charge in [-0.25, -0.2) is 0 Å². The van der Waals surface area contributed by atoms with E-state index in [1.165, 1.54) is 0 Å². The molecule has 1 N–H and O–H groups in total. The summed E-state index contributed by atoms with van der Waals surface area (Å²) in [4.78, 5) is 24.0. The van der Waals surface area contributed by atoms with Crippen molar-refractivity contribution in [3.05, 3.63) is 0 Å².